The van der Waals surface area contributed by atoms with Crippen LogP contribution in [0.4, 0.5) is 0 Å². The molecule has 10 heteroatoms. The third-order valence-corrected chi connectivity index (χ3v) is 3.04. The molecule has 1 aliphatic rings. The predicted molar refractivity (Wildman–Crippen MR) is 66.0 cm³/mol. The molecule has 10 nitrogen and oxygen atoms in total. The summed E-state index contributed by atoms with van der Waals surface area (Å²) in [6.07, 6.45) is -2.34. The summed E-state index contributed by atoms with van der Waals surface area (Å²) in [6.45, 7) is -0.0911. The van der Waals surface area contributed by atoms with Crippen molar-refractivity contribution in [2.75, 3.05) is 13.7 Å². The van der Waals surface area contributed by atoms with Gasteiger partial charge in [0.05, 0.1) is 12.6 Å². The van der Waals surface area contributed by atoms with Gasteiger partial charge in [-0.1, -0.05) is 5.11 Å². The monoisotopic (exact) mass is 283 g/mol. The number of ether oxygens (including phenoxy) is 2. The van der Waals surface area contributed by atoms with Crippen LogP contribution in [0.15, 0.2) is 27.0 Å². The van der Waals surface area contributed by atoms with Gasteiger partial charge in [0, 0.05) is 24.3 Å². The molecule has 0 amide bonds. The highest BCUT2D eigenvalue weighted by Crippen LogP contribution is 2.30. The number of H-pyrrole nitrogens is 1. The van der Waals surface area contributed by atoms with Crippen LogP contribution in [-0.4, -0.2) is 46.6 Å². The Morgan fingerprint density at radius 1 is 1.65 bits per heavy atom. The lowest BCUT2D eigenvalue weighted by atomic mass is 10.1. The minimum atomic E-state index is -1.06. The van der Waals surface area contributed by atoms with Gasteiger partial charge in [-0.05, 0) is 5.53 Å². The first-order valence-corrected chi connectivity index (χ1v) is 5.77. The highest BCUT2D eigenvalue weighted by Gasteiger charge is 2.44. The molecule has 0 bridgehead atoms. The maximum Gasteiger partial charge on any atom is 0.330 e. The Hall–Kier alpha value is -2.13. The van der Waals surface area contributed by atoms with Crippen LogP contribution in [0.25, 0.3) is 10.4 Å². The van der Waals surface area contributed by atoms with Gasteiger partial charge in [0.1, 0.15) is 12.2 Å². The number of methoxy groups -OCH3 is 1. The molecule has 1 saturated heterocycles. The molecule has 0 aromatic carbocycles. The van der Waals surface area contributed by atoms with Gasteiger partial charge in [-0.25, -0.2) is 4.79 Å². The topological polar surface area (TPSA) is 142 Å². The second-order valence-corrected chi connectivity index (χ2v) is 4.19. The molecule has 0 saturated carbocycles. The van der Waals surface area contributed by atoms with Crippen molar-refractivity contribution in [1.29, 1.82) is 0 Å². The third-order valence-electron chi connectivity index (χ3n) is 3.04. The van der Waals surface area contributed by atoms with Crippen LogP contribution in [0.1, 0.15) is 6.23 Å². The standard InChI is InChI=1S/C10H13N5O5/c1-19-8-7(17)5(4-12-14-11)20-9(8)15-3-2-6(16)13-10(15)18/h2-3,5,7-9,17H,4H2,1H3,(H,13,16,18). The fourth-order valence-corrected chi connectivity index (χ4v) is 2.09. The molecule has 1 fully saturated rings. The molecule has 2 heterocycles. The van der Waals surface area contributed by atoms with Gasteiger partial charge in [-0.2, -0.15) is 0 Å². The average molecular weight is 283 g/mol. The Morgan fingerprint density at radius 2 is 2.40 bits per heavy atom. The summed E-state index contributed by atoms with van der Waals surface area (Å²) in [5, 5.41) is 13.4. The summed E-state index contributed by atoms with van der Waals surface area (Å²) in [5.74, 6) is 0. The van der Waals surface area contributed by atoms with E-state index in [1.54, 1.807) is 0 Å². The molecule has 2 N–H and O–H groups in total. The molecule has 108 valence electrons. The van der Waals surface area contributed by atoms with Crippen LogP contribution in [0, 0.1) is 0 Å². The van der Waals surface area contributed by atoms with Gasteiger partial charge < -0.3 is 14.6 Å². The summed E-state index contributed by atoms with van der Waals surface area (Å²) in [5.41, 5.74) is 7.07. The number of aliphatic hydroxyl groups excluding tert-OH is 1. The highest BCUT2D eigenvalue weighted by molar-refractivity contribution is 4.94. The molecule has 1 aromatic rings. The Morgan fingerprint density at radius 3 is 3.00 bits per heavy atom. The van der Waals surface area contributed by atoms with Crippen LogP contribution in [0.2, 0.25) is 0 Å². The first kappa shape index (κ1) is 14.3. The molecule has 4 unspecified atom stereocenters. The summed E-state index contributed by atoms with van der Waals surface area (Å²) in [7, 11) is 1.36. The van der Waals surface area contributed by atoms with E-state index in [1.165, 1.54) is 13.3 Å². The number of hydrogen-bond acceptors (Lipinski definition) is 6. The van der Waals surface area contributed by atoms with Gasteiger partial charge in [0.15, 0.2) is 6.23 Å². The molecular formula is C10H13N5O5. The first-order chi connectivity index (χ1) is 9.58. The van der Waals surface area contributed by atoms with Crippen LogP contribution in [0.3, 0.4) is 0 Å². The number of aromatic nitrogens is 2. The Labute approximate surface area is 112 Å². The van der Waals surface area contributed by atoms with Crippen molar-refractivity contribution in [1.82, 2.24) is 9.55 Å². The SMILES string of the molecule is COC1C(O)C(CN=[N+]=[N-])OC1n1ccc(=O)[nH]c1=O. The first-order valence-electron chi connectivity index (χ1n) is 5.77. The Balaban J connectivity index is 2.32. The van der Waals surface area contributed by atoms with E-state index in [9.17, 15) is 14.7 Å². The predicted octanol–water partition coefficient (Wildman–Crippen LogP) is -0.880. The van der Waals surface area contributed by atoms with Gasteiger partial charge in [-0.15, -0.1) is 0 Å². The molecule has 4 atom stereocenters. The molecule has 1 aliphatic heterocycles. The van der Waals surface area contributed by atoms with Crippen LogP contribution in [0.5, 0.6) is 0 Å². The number of aliphatic hydroxyl groups is 1. The van der Waals surface area contributed by atoms with E-state index in [1.807, 2.05) is 0 Å². The van der Waals surface area contributed by atoms with Crippen molar-refractivity contribution in [3.05, 3.63) is 43.5 Å². The van der Waals surface area contributed by atoms with Crippen molar-refractivity contribution in [2.45, 2.75) is 24.5 Å². The second-order valence-electron chi connectivity index (χ2n) is 4.19. The number of nitrogens with one attached hydrogen (secondary N) is 1. The van der Waals surface area contributed by atoms with E-state index in [0.717, 1.165) is 10.6 Å². The average Bonchev–Trinajstić information content (AvgIpc) is 2.72. The molecule has 0 spiro atoms. The van der Waals surface area contributed by atoms with E-state index >= 15 is 0 Å². The van der Waals surface area contributed by atoms with Crippen LogP contribution < -0.4 is 11.2 Å². The smallest absolute Gasteiger partial charge is 0.330 e. The lowest BCUT2D eigenvalue weighted by Crippen LogP contribution is -2.38. The lowest BCUT2D eigenvalue weighted by Gasteiger charge is -2.19. The molecule has 20 heavy (non-hydrogen) atoms. The summed E-state index contributed by atoms with van der Waals surface area (Å²) >= 11 is 0. The zero-order chi connectivity index (χ0) is 14.7. The largest absolute Gasteiger partial charge is 0.388 e. The zero-order valence-electron chi connectivity index (χ0n) is 10.5. The molecule has 0 radical (unpaired) electrons. The van der Waals surface area contributed by atoms with E-state index in [0.29, 0.717) is 0 Å². The minimum Gasteiger partial charge on any atom is -0.388 e. The number of aromatic amines is 1. The second kappa shape index (κ2) is 5.88. The summed E-state index contributed by atoms with van der Waals surface area (Å²) in [4.78, 5) is 27.4. The molecular weight excluding hydrogens is 270 g/mol. The van der Waals surface area contributed by atoms with Crippen LogP contribution >= 0.6 is 0 Å². The fourth-order valence-electron chi connectivity index (χ4n) is 2.09. The van der Waals surface area contributed by atoms with Crippen molar-refractivity contribution >= 4 is 0 Å². The fraction of sp³-hybridized carbons (Fsp3) is 0.600. The minimum absolute atomic E-state index is 0.0911. The summed E-state index contributed by atoms with van der Waals surface area (Å²) < 4.78 is 11.7. The molecule has 2 rings (SSSR count). The Bertz CT molecular complexity index is 633. The maximum atomic E-state index is 11.7. The maximum absolute atomic E-state index is 11.7. The van der Waals surface area contributed by atoms with Gasteiger partial charge in [0.25, 0.3) is 5.56 Å². The molecule has 1 aromatic heterocycles. The number of nitrogens with zero attached hydrogens (tertiary/aromatic N) is 4. The third kappa shape index (κ3) is 2.58. The zero-order valence-corrected chi connectivity index (χ0v) is 10.5. The van der Waals surface area contributed by atoms with Crippen LogP contribution in [-0.2, 0) is 9.47 Å². The number of azide groups is 1. The number of hydrogen-bond donors (Lipinski definition) is 2. The van der Waals surface area contributed by atoms with E-state index < -0.39 is 35.8 Å². The number of rotatable bonds is 4. The summed E-state index contributed by atoms with van der Waals surface area (Å²) in [6, 6.07) is 1.16. The Kier molecular flexibility index (Phi) is 4.20. The molecule has 0 aliphatic carbocycles. The van der Waals surface area contributed by atoms with Crippen molar-refractivity contribution < 1.29 is 14.6 Å². The van der Waals surface area contributed by atoms with Gasteiger partial charge >= 0.3 is 5.69 Å². The van der Waals surface area contributed by atoms with Gasteiger partial charge in [0.2, 0.25) is 0 Å². The van der Waals surface area contributed by atoms with E-state index in [4.69, 9.17) is 15.0 Å². The van der Waals surface area contributed by atoms with Crippen molar-refractivity contribution in [3.63, 3.8) is 0 Å². The van der Waals surface area contributed by atoms with E-state index in [2.05, 4.69) is 15.0 Å². The lowest BCUT2D eigenvalue weighted by molar-refractivity contribution is -0.0526. The van der Waals surface area contributed by atoms with Gasteiger partial charge in [-0.3, -0.25) is 14.3 Å². The van der Waals surface area contributed by atoms with Crippen molar-refractivity contribution in [3.8, 4) is 0 Å². The normalized spacial score (nSPS) is 29.1. The quantitative estimate of drug-likeness (QED) is 0.419. The highest BCUT2D eigenvalue weighted by atomic mass is 16.6. The van der Waals surface area contributed by atoms with Crippen molar-refractivity contribution in [2.24, 2.45) is 5.11 Å². The van der Waals surface area contributed by atoms with E-state index in [-0.39, 0.29) is 6.54 Å².